The number of anilines is 1. The minimum Gasteiger partial charge on any atom is -0.404 e. The third-order valence-electron chi connectivity index (χ3n) is 4.16. The van der Waals surface area contributed by atoms with E-state index in [-0.39, 0.29) is 5.69 Å². The van der Waals surface area contributed by atoms with Gasteiger partial charge in [-0.05, 0) is 36.4 Å². The quantitative estimate of drug-likeness (QED) is 0.495. The summed E-state index contributed by atoms with van der Waals surface area (Å²) < 4.78 is 70.9. The van der Waals surface area contributed by atoms with Crippen molar-refractivity contribution in [2.45, 2.75) is 11.3 Å². The molecule has 0 bridgehead atoms. The van der Waals surface area contributed by atoms with Crippen LogP contribution in [0.1, 0.15) is 0 Å². The molecule has 0 aliphatic carbocycles. The molecule has 6 nitrogen and oxygen atoms in total. The number of sulfonamides is 1. The molecule has 0 saturated heterocycles. The number of alkyl halides is 3. The largest absolute Gasteiger partial charge is 0.573 e. The van der Waals surface area contributed by atoms with Gasteiger partial charge in [0, 0.05) is 23.6 Å². The fourth-order valence-electron chi connectivity index (χ4n) is 2.87. The number of ether oxygens (including phenoxy) is 1. The number of hydrogen-bond donors (Lipinski definition) is 1. The molecular formula is C20H14F3N3O3S. The number of pyridine rings is 1. The number of nitrogens with zero attached hydrogens (tertiary/aromatic N) is 2. The Morgan fingerprint density at radius 2 is 1.63 bits per heavy atom. The molecule has 0 amide bonds. The topological polar surface area (TPSA) is 72.7 Å². The molecular weight excluding hydrogens is 419 g/mol. The summed E-state index contributed by atoms with van der Waals surface area (Å²) in [6, 6.07) is 16.5. The second-order valence-corrected chi connectivity index (χ2v) is 7.92. The lowest BCUT2D eigenvalue weighted by Gasteiger charge is -2.14. The van der Waals surface area contributed by atoms with Crippen molar-refractivity contribution in [3.05, 3.63) is 79.1 Å². The molecule has 2 aromatic heterocycles. The van der Waals surface area contributed by atoms with Gasteiger partial charge >= 0.3 is 6.36 Å². The molecule has 4 aromatic rings. The highest BCUT2D eigenvalue weighted by Crippen LogP contribution is 2.31. The van der Waals surface area contributed by atoms with Gasteiger partial charge in [-0.1, -0.05) is 30.3 Å². The predicted octanol–water partition coefficient (Wildman–Crippen LogP) is 4.70. The van der Waals surface area contributed by atoms with Crippen LogP contribution in [0.2, 0.25) is 0 Å². The molecule has 30 heavy (non-hydrogen) atoms. The third kappa shape index (κ3) is 4.23. The zero-order valence-electron chi connectivity index (χ0n) is 15.2. The van der Waals surface area contributed by atoms with Crippen LogP contribution in [0.4, 0.5) is 18.9 Å². The van der Waals surface area contributed by atoms with Crippen molar-refractivity contribution in [1.82, 2.24) is 9.38 Å². The van der Waals surface area contributed by atoms with Crippen LogP contribution >= 0.6 is 0 Å². The van der Waals surface area contributed by atoms with Crippen LogP contribution in [0.25, 0.3) is 16.9 Å². The summed E-state index contributed by atoms with van der Waals surface area (Å²) in [4.78, 5) is 3.86. The van der Waals surface area contributed by atoms with E-state index in [2.05, 4.69) is 14.4 Å². The van der Waals surface area contributed by atoms with Crippen LogP contribution in [0, 0.1) is 0 Å². The van der Waals surface area contributed by atoms with Crippen molar-refractivity contribution in [2.24, 2.45) is 0 Å². The third-order valence-corrected chi connectivity index (χ3v) is 5.58. The molecule has 0 aliphatic heterocycles. The lowest BCUT2D eigenvalue weighted by molar-refractivity contribution is -0.275. The number of rotatable bonds is 5. The average Bonchev–Trinajstić information content (AvgIpc) is 3.11. The molecule has 0 unspecified atom stereocenters. The highest BCUT2D eigenvalue weighted by Gasteiger charge is 2.34. The first-order chi connectivity index (χ1) is 14.2. The van der Waals surface area contributed by atoms with Gasteiger partial charge in [-0.15, -0.1) is 13.2 Å². The zero-order valence-corrected chi connectivity index (χ0v) is 16.0. The second-order valence-electron chi connectivity index (χ2n) is 6.27. The van der Waals surface area contributed by atoms with Crippen LogP contribution in [0.5, 0.6) is 5.75 Å². The van der Waals surface area contributed by atoms with Crippen molar-refractivity contribution in [1.29, 1.82) is 0 Å². The molecule has 0 saturated carbocycles. The first-order valence-corrected chi connectivity index (χ1v) is 10.1. The number of aromatic nitrogens is 2. The molecule has 2 aromatic carbocycles. The molecule has 0 atom stereocenters. The average molecular weight is 433 g/mol. The van der Waals surface area contributed by atoms with Gasteiger partial charge in [0.2, 0.25) is 0 Å². The number of para-hydroxylation sites is 1. The zero-order chi connectivity index (χ0) is 21.4. The Hall–Kier alpha value is -3.53. The molecule has 0 radical (unpaired) electrons. The Labute approximate surface area is 169 Å². The number of hydrogen-bond acceptors (Lipinski definition) is 4. The van der Waals surface area contributed by atoms with E-state index in [1.165, 1.54) is 24.3 Å². The van der Waals surface area contributed by atoms with Gasteiger partial charge in [0.15, 0.2) is 0 Å². The SMILES string of the molecule is O=S(=O)(Nc1ccc(-c2cn3ccccc3n2)cc1)c1ccccc1OC(F)(F)F. The summed E-state index contributed by atoms with van der Waals surface area (Å²) in [7, 11) is -4.31. The van der Waals surface area contributed by atoms with Gasteiger partial charge in [-0.3, -0.25) is 4.72 Å². The number of halogens is 3. The highest BCUT2D eigenvalue weighted by molar-refractivity contribution is 7.92. The maximum Gasteiger partial charge on any atom is 0.573 e. The molecule has 0 spiro atoms. The summed E-state index contributed by atoms with van der Waals surface area (Å²) >= 11 is 0. The van der Waals surface area contributed by atoms with Gasteiger partial charge in [0.05, 0.1) is 5.69 Å². The molecule has 0 fully saturated rings. The normalized spacial score (nSPS) is 12.1. The van der Waals surface area contributed by atoms with Gasteiger partial charge < -0.3 is 9.14 Å². The van der Waals surface area contributed by atoms with Crippen LogP contribution in [-0.4, -0.2) is 24.2 Å². The maximum atomic E-state index is 12.6. The first kappa shape index (κ1) is 19.8. The van der Waals surface area contributed by atoms with Crippen LogP contribution in [0.15, 0.2) is 84.0 Å². The minimum atomic E-state index is -5.01. The van der Waals surface area contributed by atoms with Crippen LogP contribution in [-0.2, 0) is 10.0 Å². The molecule has 2 heterocycles. The molecule has 154 valence electrons. The minimum absolute atomic E-state index is 0.185. The monoisotopic (exact) mass is 433 g/mol. The molecule has 4 rings (SSSR count). The van der Waals surface area contributed by atoms with E-state index < -0.39 is 27.0 Å². The molecule has 0 aliphatic rings. The summed E-state index contributed by atoms with van der Waals surface area (Å²) in [6.45, 7) is 0. The van der Waals surface area contributed by atoms with Crippen molar-refractivity contribution in [2.75, 3.05) is 4.72 Å². The fraction of sp³-hybridized carbons (Fsp3) is 0.0500. The van der Waals surface area contributed by atoms with Gasteiger partial charge in [-0.2, -0.15) is 0 Å². The summed E-state index contributed by atoms with van der Waals surface area (Å²) in [5.74, 6) is -0.807. The summed E-state index contributed by atoms with van der Waals surface area (Å²) in [5.41, 5.74) is 2.39. The van der Waals surface area contributed by atoms with E-state index in [0.717, 1.165) is 23.3 Å². The number of fused-ring (bicyclic) bond motifs is 1. The van der Waals surface area contributed by atoms with Gasteiger partial charge in [0.25, 0.3) is 10.0 Å². The maximum absolute atomic E-state index is 12.6. The van der Waals surface area contributed by atoms with E-state index in [1.807, 2.05) is 35.0 Å². The molecule has 1 N–H and O–H groups in total. The van der Waals surface area contributed by atoms with E-state index in [1.54, 1.807) is 12.1 Å². The Kier molecular flexibility index (Phi) is 4.86. The fourth-order valence-corrected chi connectivity index (χ4v) is 4.06. The highest BCUT2D eigenvalue weighted by atomic mass is 32.2. The van der Waals surface area contributed by atoms with E-state index in [0.29, 0.717) is 5.69 Å². The van der Waals surface area contributed by atoms with Crippen molar-refractivity contribution in [3.63, 3.8) is 0 Å². The Bertz CT molecular complexity index is 1270. The lowest BCUT2D eigenvalue weighted by atomic mass is 10.1. The lowest BCUT2D eigenvalue weighted by Crippen LogP contribution is -2.20. The van der Waals surface area contributed by atoms with Crippen LogP contribution < -0.4 is 9.46 Å². The van der Waals surface area contributed by atoms with Crippen molar-refractivity contribution < 1.29 is 26.3 Å². The van der Waals surface area contributed by atoms with E-state index >= 15 is 0 Å². The smallest absolute Gasteiger partial charge is 0.404 e. The standard InChI is InChI=1S/C20H14F3N3O3S/c21-20(22,23)29-17-5-1-2-6-18(17)30(27,28)25-15-10-8-14(9-11-15)16-13-26-12-4-3-7-19(26)24-16/h1-13,25H. The van der Waals surface area contributed by atoms with E-state index in [9.17, 15) is 21.6 Å². The van der Waals surface area contributed by atoms with Crippen LogP contribution in [0.3, 0.4) is 0 Å². The molecule has 10 heteroatoms. The number of imidazole rings is 1. The Balaban J connectivity index is 1.59. The van der Waals surface area contributed by atoms with Crippen molar-refractivity contribution in [3.8, 4) is 17.0 Å². The summed E-state index contributed by atoms with van der Waals surface area (Å²) in [6.07, 6.45) is -1.32. The summed E-state index contributed by atoms with van der Waals surface area (Å²) in [5, 5.41) is 0. The number of nitrogens with one attached hydrogen (secondary N) is 1. The van der Waals surface area contributed by atoms with Crippen molar-refractivity contribution >= 4 is 21.4 Å². The Morgan fingerprint density at radius 3 is 2.33 bits per heavy atom. The second kappa shape index (κ2) is 7.38. The first-order valence-electron chi connectivity index (χ1n) is 8.63. The van der Waals surface area contributed by atoms with Gasteiger partial charge in [-0.25, -0.2) is 13.4 Å². The number of benzene rings is 2. The Morgan fingerprint density at radius 1 is 0.933 bits per heavy atom. The van der Waals surface area contributed by atoms with E-state index in [4.69, 9.17) is 0 Å². The van der Waals surface area contributed by atoms with Gasteiger partial charge in [0.1, 0.15) is 16.3 Å². The predicted molar refractivity (Wildman–Crippen MR) is 105 cm³/mol.